The van der Waals surface area contributed by atoms with Gasteiger partial charge in [-0.1, -0.05) is 6.92 Å². The van der Waals surface area contributed by atoms with Crippen molar-refractivity contribution in [1.82, 2.24) is 0 Å². The Labute approximate surface area is 135 Å². The van der Waals surface area contributed by atoms with Gasteiger partial charge in [0.25, 0.3) is 0 Å². The molecule has 0 spiro atoms. The van der Waals surface area contributed by atoms with E-state index in [9.17, 15) is 0 Å². The van der Waals surface area contributed by atoms with Gasteiger partial charge in [-0.05, 0) is 19.8 Å². The highest BCUT2D eigenvalue weighted by atomic mass is 16.5. The van der Waals surface area contributed by atoms with Crippen LogP contribution in [0.1, 0.15) is 26.7 Å². The van der Waals surface area contributed by atoms with Crippen molar-refractivity contribution in [3.8, 4) is 0 Å². The minimum Gasteiger partial charge on any atom is -0.379 e. The number of hydrogen-bond donors (Lipinski definition) is 0. The fraction of sp³-hybridized carbons (Fsp3) is 1.00. The van der Waals surface area contributed by atoms with E-state index in [0.29, 0.717) is 66.1 Å². The molecular formula is C16H34O6. The van der Waals surface area contributed by atoms with Gasteiger partial charge in [0.2, 0.25) is 0 Å². The van der Waals surface area contributed by atoms with Crippen LogP contribution in [0.15, 0.2) is 0 Å². The zero-order valence-corrected chi connectivity index (χ0v) is 14.3. The second kappa shape index (κ2) is 20.8. The van der Waals surface area contributed by atoms with Crippen LogP contribution in [-0.4, -0.2) is 79.3 Å². The molecule has 0 aliphatic rings. The third-order valence-corrected chi connectivity index (χ3v) is 2.62. The lowest BCUT2D eigenvalue weighted by molar-refractivity contribution is 0.000784. The minimum atomic E-state index is 0.613. The van der Waals surface area contributed by atoms with Crippen molar-refractivity contribution in [2.24, 2.45) is 0 Å². The lowest BCUT2D eigenvalue weighted by atomic mass is 10.5. The maximum absolute atomic E-state index is 5.44. The number of ether oxygens (including phenoxy) is 6. The summed E-state index contributed by atoms with van der Waals surface area (Å²) in [6.07, 6.45) is 1.93. The van der Waals surface area contributed by atoms with E-state index in [1.807, 2.05) is 6.92 Å². The lowest BCUT2D eigenvalue weighted by Gasteiger charge is -2.07. The molecule has 0 N–H and O–H groups in total. The van der Waals surface area contributed by atoms with Crippen LogP contribution in [0.3, 0.4) is 0 Å². The van der Waals surface area contributed by atoms with Gasteiger partial charge in [0.15, 0.2) is 0 Å². The monoisotopic (exact) mass is 322 g/mol. The number of rotatable bonds is 19. The molecule has 0 bridgehead atoms. The molecule has 0 aromatic carbocycles. The Kier molecular flexibility index (Phi) is 20.5. The Morgan fingerprint density at radius 3 is 1.18 bits per heavy atom. The molecule has 0 atom stereocenters. The predicted octanol–water partition coefficient (Wildman–Crippen LogP) is 1.91. The summed E-state index contributed by atoms with van der Waals surface area (Å²) in [5.41, 5.74) is 0. The van der Waals surface area contributed by atoms with Gasteiger partial charge in [-0.2, -0.15) is 0 Å². The van der Waals surface area contributed by atoms with E-state index < -0.39 is 0 Å². The molecule has 0 rings (SSSR count). The quantitative estimate of drug-likeness (QED) is 0.339. The normalized spacial score (nSPS) is 11.2. The van der Waals surface area contributed by atoms with Crippen molar-refractivity contribution in [3.63, 3.8) is 0 Å². The van der Waals surface area contributed by atoms with Crippen LogP contribution >= 0.6 is 0 Å². The smallest absolute Gasteiger partial charge is 0.0701 e. The third-order valence-electron chi connectivity index (χ3n) is 2.62. The van der Waals surface area contributed by atoms with Crippen molar-refractivity contribution in [3.05, 3.63) is 0 Å². The summed E-state index contributed by atoms with van der Waals surface area (Å²) in [6.45, 7) is 12.0. The van der Waals surface area contributed by atoms with E-state index in [4.69, 9.17) is 28.4 Å². The maximum atomic E-state index is 5.44. The SMILES string of the molecule is CCCOCCOCCOCCCOCCOCCOCC. The highest BCUT2D eigenvalue weighted by Crippen LogP contribution is 1.88. The van der Waals surface area contributed by atoms with E-state index in [-0.39, 0.29) is 0 Å². The minimum absolute atomic E-state index is 0.613. The molecule has 6 nitrogen and oxygen atoms in total. The summed E-state index contributed by atoms with van der Waals surface area (Å²) in [5, 5.41) is 0. The first-order valence-electron chi connectivity index (χ1n) is 8.38. The zero-order chi connectivity index (χ0) is 16.1. The fourth-order valence-electron chi connectivity index (χ4n) is 1.53. The molecule has 0 aliphatic heterocycles. The van der Waals surface area contributed by atoms with Crippen LogP contribution in [0.25, 0.3) is 0 Å². The van der Waals surface area contributed by atoms with E-state index >= 15 is 0 Å². The topological polar surface area (TPSA) is 55.4 Å². The van der Waals surface area contributed by atoms with Gasteiger partial charge in [-0.25, -0.2) is 0 Å². The lowest BCUT2D eigenvalue weighted by Crippen LogP contribution is -2.12. The Morgan fingerprint density at radius 1 is 0.409 bits per heavy atom. The zero-order valence-electron chi connectivity index (χ0n) is 14.3. The van der Waals surface area contributed by atoms with Gasteiger partial charge in [0, 0.05) is 26.4 Å². The molecule has 0 saturated carbocycles. The van der Waals surface area contributed by atoms with Gasteiger partial charge in [0.1, 0.15) is 0 Å². The van der Waals surface area contributed by atoms with Gasteiger partial charge < -0.3 is 28.4 Å². The average molecular weight is 322 g/mol. The Balaban J connectivity index is 2.91. The Morgan fingerprint density at radius 2 is 0.773 bits per heavy atom. The van der Waals surface area contributed by atoms with E-state index in [2.05, 4.69) is 6.92 Å². The molecule has 0 fully saturated rings. The molecule has 0 saturated heterocycles. The molecule has 0 aliphatic carbocycles. The predicted molar refractivity (Wildman–Crippen MR) is 85.5 cm³/mol. The van der Waals surface area contributed by atoms with E-state index in [1.165, 1.54) is 0 Å². The van der Waals surface area contributed by atoms with Gasteiger partial charge in [-0.15, -0.1) is 0 Å². The molecule has 22 heavy (non-hydrogen) atoms. The fourth-order valence-corrected chi connectivity index (χ4v) is 1.53. The Bertz CT molecular complexity index is 171. The summed E-state index contributed by atoms with van der Waals surface area (Å²) in [6, 6.07) is 0. The second-order valence-electron chi connectivity index (χ2n) is 4.61. The highest BCUT2D eigenvalue weighted by Gasteiger charge is 1.93. The summed E-state index contributed by atoms with van der Waals surface area (Å²) in [7, 11) is 0. The van der Waals surface area contributed by atoms with E-state index in [0.717, 1.165) is 26.1 Å². The number of hydrogen-bond acceptors (Lipinski definition) is 6. The van der Waals surface area contributed by atoms with Crippen molar-refractivity contribution >= 4 is 0 Å². The molecular weight excluding hydrogens is 288 g/mol. The van der Waals surface area contributed by atoms with Crippen molar-refractivity contribution < 1.29 is 28.4 Å². The maximum Gasteiger partial charge on any atom is 0.0701 e. The summed E-state index contributed by atoms with van der Waals surface area (Å²) >= 11 is 0. The highest BCUT2D eigenvalue weighted by molar-refractivity contribution is 4.38. The van der Waals surface area contributed by atoms with Crippen LogP contribution in [0.5, 0.6) is 0 Å². The molecule has 0 amide bonds. The van der Waals surface area contributed by atoms with Gasteiger partial charge in [-0.3, -0.25) is 0 Å². The summed E-state index contributed by atoms with van der Waals surface area (Å²) < 4.78 is 32.0. The molecule has 0 aromatic heterocycles. The van der Waals surface area contributed by atoms with E-state index in [1.54, 1.807) is 0 Å². The van der Waals surface area contributed by atoms with Crippen molar-refractivity contribution in [2.75, 3.05) is 79.3 Å². The summed E-state index contributed by atoms with van der Waals surface area (Å²) in [4.78, 5) is 0. The van der Waals surface area contributed by atoms with Crippen LogP contribution < -0.4 is 0 Å². The molecule has 0 heterocycles. The van der Waals surface area contributed by atoms with Crippen LogP contribution in [0.4, 0.5) is 0 Å². The van der Waals surface area contributed by atoms with Crippen molar-refractivity contribution in [2.45, 2.75) is 26.7 Å². The third kappa shape index (κ3) is 19.8. The van der Waals surface area contributed by atoms with Crippen molar-refractivity contribution in [1.29, 1.82) is 0 Å². The summed E-state index contributed by atoms with van der Waals surface area (Å²) in [5.74, 6) is 0. The first-order valence-corrected chi connectivity index (χ1v) is 8.38. The molecule has 0 aromatic rings. The first kappa shape index (κ1) is 21.8. The molecule has 6 heteroatoms. The molecule has 134 valence electrons. The first-order chi connectivity index (χ1) is 10.9. The second-order valence-corrected chi connectivity index (χ2v) is 4.61. The largest absolute Gasteiger partial charge is 0.379 e. The molecule has 0 unspecified atom stereocenters. The molecule has 0 radical (unpaired) electrons. The Hall–Kier alpha value is -0.240. The van der Waals surface area contributed by atoms with Crippen LogP contribution in [0, 0.1) is 0 Å². The van der Waals surface area contributed by atoms with Gasteiger partial charge >= 0.3 is 0 Å². The van der Waals surface area contributed by atoms with Crippen LogP contribution in [-0.2, 0) is 28.4 Å². The van der Waals surface area contributed by atoms with Gasteiger partial charge in [0.05, 0.1) is 52.9 Å². The average Bonchev–Trinajstić information content (AvgIpc) is 2.54. The standard InChI is InChI=1S/C16H34O6/c1-3-6-18-11-14-22-16-13-20-8-5-7-19-12-15-21-10-9-17-4-2/h3-16H2,1-2H3. The van der Waals surface area contributed by atoms with Crippen LogP contribution in [0.2, 0.25) is 0 Å².